The van der Waals surface area contributed by atoms with Crippen molar-refractivity contribution in [3.8, 4) is 0 Å². The maximum atomic E-state index is 14.4. The van der Waals surface area contributed by atoms with Gasteiger partial charge in [0.05, 0.1) is 22.6 Å². The van der Waals surface area contributed by atoms with Gasteiger partial charge in [-0.15, -0.1) is 0 Å². The molecule has 2 N–H and O–H groups in total. The Kier molecular flexibility index (Phi) is 7.32. The molecule has 2 aliphatic heterocycles. The van der Waals surface area contributed by atoms with E-state index in [0.29, 0.717) is 53.6 Å². The van der Waals surface area contributed by atoms with E-state index in [1.165, 1.54) is 12.1 Å². The highest BCUT2D eigenvalue weighted by Crippen LogP contribution is 2.57. The van der Waals surface area contributed by atoms with Crippen molar-refractivity contribution in [2.75, 3.05) is 13.1 Å². The van der Waals surface area contributed by atoms with E-state index < -0.39 is 34.6 Å². The molecule has 0 radical (unpaired) electrons. The summed E-state index contributed by atoms with van der Waals surface area (Å²) in [5, 5.41) is 15.5. The molecular formula is C32H32F5N3O3. The summed E-state index contributed by atoms with van der Waals surface area (Å²) in [6, 6.07) is 12.1. The first-order chi connectivity index (χ1) is 20.3. The fourth-order valence-corrected chi connectivity index (χ4v) is 7.14. The molecule has 3 aliphatic rings. The van der Waals surface area contributed by atoms with E-state index in [1.807, 2.05) is 17.0 Å². The lowest BCUT2D eigenvalue weighted by Gasteiger charge is -2.56. The fraction of sp³-hybridized carbons (Fsp3) is 0.469. The van der Waals surface area contributed by atoms with Gasteiger partial charge in [0.25, 0.3) is 0 Å². The number of likely N-dealkylation sites (tertiary alicyclic amines) is 1. The number of carbonyl (C=O) groups excluding carboxylic acids is 2. The van der Waals surface area contributed by atoms with Crippen LogP contribution >= 0.6 is 0 Å². The topological polar surface area (TPSA) is 82.5 Å². The summed E-state index contributed by atoms with van der Waals surface area (Å²) >= 11 is 0. The molecular weight excluding hydrogens is 569 g/mol. The molecule has 0 bridgehead atoms. The summed E-state index contributed by atoms with van der Waals surface area (Å²) in [6.45, 7) is 1.07. The van der Waals surface area contributed by atoms with Crippen LogP contribution in [0.5, 0.6) is 0 Å². The number of hydrogen-bond acceptors (Lipinski definition) is 5. The first-order valence-electron chi connectivity index (χ1n) is 14.5. The number of nitrogens with zero attached hydrogens (tertiary/aromatic N) is 2. The number of pyridine rings is 1. The Bertz CT molecular complexity index is 1550. The van der Waals surface area contributed by atoms with Gasteiger partial charge in [-0.1, -0.05) is 18.2 Å². The number of alkyl halides is 5. The molecule has 11 heteroatoms. The number of amides is 2. The Morgan fingerprint density at radius 3 is 2.37 bits per heavy atom. The molecule has 1 aromatic heterocycles. The van der Waals surface area contributed by atoms with Gasteiger partial charge in [0, 0.05) is 55.9 Å². The van der Waals surface area contributed by atoms with Gasteiger partial charge in [-0.2, -0.15) is 13.2 Å². The summed E-state index contributed by atoms with van der Waals surface area (Å²) in [5.74, 6) is -4.05. The van der Waals surface area contributed by atoms with Gasteiger partial charge in [-0.05, 0) is 72.7 Å². The van der Waals surface area contributed by atoms with Gasteiger partial charge in [-0.3, -0.25) is 24.8 Å². The lowest BCUT2D eigenvalue weighted by Crippen LogP contribution is -2.59. The molecule has 2 saturated heterocycles. The summed E-state index contributed by atoms with van der Waals surface area (Å²) in [5.41, 5.74) is -0.511. The number of imide groups is 1. The monoisotopic (exact) mass is 601 g/mol. The molecule has 3 aromatic rings. The number of piperidine rings is 2. The maximum absolute atomic E-state index is 14.4. The second kappa shape index (κ2) is 10.6. The van der Waals surface area contributed by atoms with Crippen LogP contribution < -0.4 is 5.32 Å². The average molecular weight is 602 g/mol. The highest BCUT2D eigenvalue weighted by Gasteiger charge is 2.58. The minimum atomic E-state index is -4.43. The zero-order valence-corrected chi connectivity index (χ0v) is 23.4. The summed E-state index contributed by atoms with van der Waals surface area (Å²) in [4.78, 5) is 30.6. The smallest absolute Gasteiger partial charge is 0.384 e. The number of aliphatic hydroxyl groups is 1. The van der Waals surface area contributed by atoms with Gasteiger partial charge in [0.2, 0.25) is 17.7 Å². The van der Waals surface area contributed by atoms with E-state index in [-0.39, 0.29) is 50.3 Å². The van der Waals surface area contributed by atoms with Crippen molar-refractivity contribution >= 4 is 22.7 Å². The number of nitrogens with one attached hydrogen (secondary N) is 1. The van der Waals surface area contributed by atoms with Gasteiger partial charge >= 0.3 is 6.18 Å². The van der Waals surface area contributed by atoms with Crippen molar-refractivity contribution in [2.45, 2.75) is 75.1 Å². The summed E-state index contributed by atoms with van der Waals surface area (Å²) in [7, 11) is 0. The zero-order valence-electron chi connectivity index (χ0n) is 23.4. The molecule has 1 spiro atoms. The number of fused-ring (bicyclic) bond motifs is 1. The Morgan fingerprint density at radius 2 is 1.70 bits per heavy atom. The molecule has 2 aromatic carbocycles. The Balaban J connectivity index is 1.30. The standard InChI is InChI=1S/C32H32F5N3O3/c33-30(34)11-9-29(10-12-30)19-40(18-20-1-3-23(4-2-20)32(35,36)37)14-13-31(29,43)24-5-7-26-21(16-24)15-22(17-38-26)25-6-8-27(41)39-28(25)42/h1-5,7,15-17,25,43H,6,8-14,18-19H2,(H,39,41,42). The van der Waals surface area contributed by atoms with Crippen molar-refractivity contribution in [3.63, 3.8) is 0 Å². The lowest BCUT2D eigenvalue weighted by atomic mass is 9.57. The number of hydrogen-bond donors (Lipinski definition) is 2. The molecule has 6 rings (SSSR count). The van der Waals surface area contributed by atoms with Crippen LogP contribution in [0.3, 0.4) is 0 Å². The first kappa shape index (κ1) is 29.6. The van der Waals surface area contributed by atoms with Crippen molar-refractivity contribution in [1.82, 2.24) is 15.2 Å². The number of carbonyl (C=O) groups is 2. The quantitative estimate of drug-likeness (QED) is 0.281. The third kappa shape index (κ3) is 5.64. The molecule has 1 aliphatic carbocycles. The first-order valence-corrected chi connectivity index (χ1v) is 14.5. The van der Waals surface area contributed by atoms with Crippen molar-refractivity contribution < 1.29 is 36.6 Å². The highest BCUT2D eigenvalue weighted by molar-refractivity contribution is 6.01. The van der Waals surface area contributed by atoms with Crippen LogP contribution in [0.1, 0.15) is 73.1 Å². The summed E-state index contributed by atoms with van der Waals surface area (Å²) in [6.07, 6.45) is -2.52. The van der Waals surface area contributed by atoms with Crippen LogP contribution in [0.15, 0.2) is 54.7 Å². The highest BCUT2D eigenvalue weighted by atomic mass is 19.4. The molecule has 2 atom stereocenters. The SMILES string of the molecule is O=C1CCC(c2cnc3ccc(C4(O)CCN(Cc5ccc(C(F)(F)F)cc5)CC45CCC(F)(F)CC5)cc3c2)C(=O)N1. The van der Waals surface area contributed by atoms with Crippen LogP contribution in [0.2, 0.25) is 0 Å². The zero-order chi connectivity index (χ0) is 30.6. The van der Waals surface area contributed by atoms with Crippen molar-refractivity contribution in [1.29, 1.82) is 0 Å². The largest absolute Gasteiger partial charge is 0.416 e. The minimum absolute atomic E-state index is 0.0899. The Hall–Kier alpha value is -3.44. The number of rotatable bonds is 4. The molecule has 43 heavy (non-hydrogen) atoms. The normalized spacial score (nSPS) is 26.0. The number of halogens is 5. The van der Waals surface area contributed by atoms with Gasteiger partial charge in [0.1, 0.15) is 0 Å². The van der Waals surface area contributed by atoms with E-state index in [2.05, 4.69) is 10.3 Å². The third-order valence-electron chi connectivity index (χ3n) is 9.64. The van der Waals surface area contributed by atoms with E-state index in [9.17, 15) is 36.6 Å². The second-order valence-electron chi connectivity index (χ2n) is 12.3. The fourth-order valence-electron chi connectivity index (χ4n) is 7.14. The molecule has 228 valence electrons. The van der Waals surface area contributed by atoms with Gasteiger partial charge < -0.3 is 5.11 Å². The summed E-state index contributed by atoms with van der Waals surface area (Å²) < 4.78 is 67.9. The van der Waals surface area contributed by atoms with Gasteiger partial charge in [0.15, 0.2) is 0 Å². The molecule has 1 saturated carbocycles. The van der Waals surface area contributed by atoms with Crippen LogP contribution in [0.4, 0.5) is 22.0 Å². The van der Waals surface area contributed by atoms with E-state index in [4.69, 9.17) is 0 Å². The van der Waals surface area contributed by atoms with Crippen LogP contribution in [0.25, 0.3) is 10.9 Å². The Morgan fingerprint density at radius 1 is 0.977 bits per heavy atom. The van der Waals surface area contributed by atoms with E-state index >= 15 is 0 Å². The van der Waals surface area contributed by atoms with E-state index in [1.54, 1.807) is 18.3 Å². The maximum Gasteiger partial charge on any atom is 0.416 e. The number of aromatic nitrogens is 1. The van der Waals surface area contributed by atoms with Gasteiger partial charge in [-0.25, -0.2) is 8.78 Å². The minimum Gasteiger partial charge on any atom is -0.384 e. The lowest BCUT2D eigenvalue weighted by molar-refractivity contribution is -0.187. The molecule has 3 fully saturated rings. The van der Waals surface area contributed by atoms with Crippen LogP contribution in [-0.2, 0) is 27.9 Å². The van der Waals surface area contributed by atoms with Crippen molar-refractivity contribution in [3.05, 3.63) is 77.0 Å². The molecule has 6 nitrogen and oxygen atoms in total. The average Bonchev–Trinajstić information content (AvgIpc) is 2.96. The third-order valence-corrected chi connectivity index (χ3v) is 9.64. The van der Waals surface area contributed by atoms with Crippen LogP contribution in [-0.4, -0.2) is 45.8 Å². The molecule has 2 amide bonds. The van der Waals surface area contributed by atoms with Crippen molar-refractivity contribution in [2.24, 2.45) is 5.41 Å². The second-order valence-corrected chi connectivity index (χ2v) is 12.3. The molecule has 3 heterocycles. The number of benzene rings is 2. The molecule has 2 unspecified atom stereocenters. The predicted octanol–water partition coefficient (Wildman–Crippen LogP) is 6.06. The van der Waals surface area contributed by atoms with Crippen LogP contribution in [0, 0.1) is 5.41 Å². The Labute approximate surface area is 245 Å². The van der Waals surface area contributed by atoms with E-state index in [0.717, 1.165) is 12.1 Å². The predicted molar refractivity (Wildman–Crippen MR) is 148 cm³/mol.